The second-order valence-electron chi connectivity index (χ2n) is 15.6. The van der Waals surface area contributed by atoms with Gasteiger partial charge in [0.1, 0.15) is 11.4 Å². The molecule has 6 heteroatoms. The van der Waals surface area contributed by atoms with Crippen LogP contribution in [0.5, 0.6) is 0 Å². The van der Waals surface area contributed by atoms with Crippen LogP contribution in [0.15, 0.2) is 11.6 Å². The summed E-state index contributed by atoms with van der Waals surface area (Å²) in [5.74, 6) is -0.582. The summed E-state index contributed by atoms with van der Waals surface area (Å²) in [6, 6.07) is 0. The van der Waals surface area contributed by atoms with Gasteiger partial charge >= 0.3 is 5.97 Å². The molecule has 0 saturated heterocycles. The van der Waals surface area contributed by atoms with Crippen molar-refractivity contribution in [2.24, 2.45) is 28.6 Å². The Morgan fingerprint density at radius 2 is 1.40 bits per heavy atom. The number of ketones is 3. The van der Waals surface area contributed by atoms with Gasteiger partial charge in [0.15, 0.2) is 12.4 Å². The topological polar surface area (TPSA) is 97.7 Å². The number of esters is 1. The molecule has 3 saturated carbocycles. The maximum Gasteiger partial charge on any atom is 0.306 e. The van der Waals surface area contributed by atoms with Crippen molar-refractivity contribution in [1.82, 2.24) is 0 Å². The van der Waals surface area contributed by atoms with Crippen LogP contribution < -0.4 is 0 Å². The van der Waals surface area contributed by atoms with Crippen molar-refractivity contribution < 1.29 is 29.0 Å². The average Bonchev–Trinajstić information content (AvgIpc) is 3.28. The molecule has 0 bridgehead atoms. The van der Waals surface area contributed by atoms with E-state index in [4.69, 9.17) is 4.74 Å². The third-order valence-corrected chi connectivity index (χ3v) is 12.6. The summed E-state index contributed by atoms with van der Waals surface area (Å²) < 4.78 is 5.38. The van der Waals surface area contributed by atoms with Gasteiger partial charge in [0.25, 0.3) is 0 Å². The van der Waals surface area contributed by atoms with Crippen LogP contribution in [-0.4, -0.2) is 40.6 Å². The quantitative estimate of drug-likeness (QED) is 0.114. The number of aliphatic hydroxyl groups is 1. The Bertz CT molecular complexity index is 1080. The zero-order chi connectivity index (χ0) is 32.5. The lowest BCUT2D eigenvalue weighted by Gasteiger charge is -2.57. The summed E-state index contributed by atoms with van der Waals surface area (Å²) in [4.78, 5) is 51.8. The highest BCUT2D eigenvalue weighted by Crippen LogP contribution is 2.66. The molecule has 4 aliphatic carbocycles. The molecule has 1 N–H and O–H groups in total. The van der Waals surface area contributed by atoms with Crippen LogP contribution >= 0.6 is 0 Å². The largest absolute Gasteiger partial charge is 0.458 e. The standard InChI is InChI=1S/C39H62O6/c1-4-5-6-7-8-9-10-11-12-13-14-15-16-17-18-19-35(43)45-28-34(42)39(44)25-23-32-31-21-20-29-26-30(40)22-24-37(29,2)36(31)33(41)27-38(32,39)3/h26,31-32,36,44H,4-25,27-28H2,1-3H3/t31-,32-,36+,37-,38-,39-/m0/s1. The Morgan fingerprint density at radius 3 is 2.00 bits per heavy atom. The lowest BCUT2D eigenvalue weighted by atomic mass is 9.46. The molecule has 0 aliphatic heterocycles. The van der Waals surface area contributed by atoms with E-state index >= 15 is 0 Å². The summed E-state index contributed by atoms with van der Waals surface area (Å²) in [5, 5.41) is 11.8. The molecule has 0 spiro atoms. The molecule has 0 aromatic heterocycles. The van der Waals surface area contributed by atoms with Crippen molar-refractivity contribution in [3.8, 4) is 0 Å². The van der Waals surface area contributed by atoms with E-state index in [2.05, 4.69) is 13.8 Å². The number of rotatable bonds is 19. The predicted octanol–water partition coefficient (Wildman–Crippen LogP) is 8.80. The fourth-order valence-electron chi connectivity index (χ4n) is 9.82. The number of carbonyl (C=O) groups is 4. The summed E-state index contributed by atoms with van der Waals surface area (Å²) in [6.45, 7) is 5.89. The molecule has 254 valence electrons. The average molecular weight is 627 g/mol. The first-order valence-corrected chi connectivity index (χ1v) is 18.7. The van der Waals surface area contributed by atoms with Gasteiger partial charge in [-0.15, -0.1) is 0 Å². The number of carbonyl (C=O) groups excluding carboxylic acids is 4. The SMILES string of the molecule is CCCCCCCCCCCCCCCCCC(=O)OCC(=O)[C@@]1(O)CC[C@H]2[C@@H]3CCC4=CC(=O)CC[C@]4(C)[C@H]3C(=O)C[C@@]21C. The molecule has 0 heterocycles. The summed E-state index contributed by atoms with van der Waals surface area (Å²) >= 11 is 0. The third-order valence-electron chi connectivity index (χ3n) is 12.6. The van der Waals surface area contributed by atoms with Gasteiger partial charge in [-0.05, 0) is 61.9 Å². The number of Topliss-reactive ketones (excluding diaryl/α,β-unsaturated/α-hetero) is 2. The van der Waals surface area contributed by atoms with E-state index < -0.39 is 23.4 Å². The smallest absolute Gasteiger partial charge is 0.306 e. The normalized spacial score (nSPS) is 32.4. The lowest BCUT2D eigenvalue weighted by molar-refractivity contribution is -0.173. The summed E-state index contributed by atoms with van der Waals surface area (Å²) in [5.41, 5.74) is -1.71. The predicted molar refractivity (Wildman–Crippen MR) is 178 cm³/mol. The number of fused-ring (bicyclic) bond motifs is 5. The fraction of sp³-hybridized carbons (Fsp3) is 0.846. The van der Waals surface area contributed by atoms with E-state index in [1.54, 1.807) is 6.08 Å². The van der Waals surface area contributed by atoms with Crippen molar-refractivity contribution in [2.45, 2.75) is 174 Å². The highest BCUT2D eigenvalue weighted by Gasteiger charge is 2.68. The van der Waals surface area contributed by atoms with Crippen LogP contribution in [0.25, 0.3) is 0 Å². The van der Waals surface area contributed by atoms with Crippen molar-refractivity contribution in [2.75, 3.05) is 6.61 Å². The number of ether oxygens (including phenoxy) is 1. The Balaban J connectivity index is 1.13. The molecule has 45 heavy (non-hydrogen) atoms. The van der Waals surface area contributed by atoms with Crippen molar-refractivity contribution >= 4 is 23.3 Å². The fourth-order valence-corrected chi connectivity index (χ4v) is 9.82. The van der Waals surface area contributed by atoms with Crippen LogP contribution in [0.1, 0.15) is 168 Å². The van der Waals surface area contributed by atoms with E-state index in [9.17, 15) is 24.3 Å². The molecular weight excluding hydrogens is 564 g/mol. The second-order valence-corrected chi connectivity index (χ2v) is 15.6. The first-order valence-electron chi connectivity index (χ1n) is 18.7. The molecule has 4 aliphatic rings. The molecule has 6 atom stereocenters. The van der Waals surface area contributed by atoms with Gasteiger partial charge in [-0.2, -0.15) is 0 Å². The molecule has 3 fully saturated rings. The molecule has 0 unspecified atom stereocenters. The molecular formula is C39H62O6. The van der Waals surface area contributed by atoms with Gasteiger partial charge in [-0.3, -0.25) is 19.2 Å². The van der Waals surface area contributed by atoms with Crippen molar-refractivity contribution in [1.29, 1.82) is 0 Å². The summed E-state index contributed by atoms with van der Waals surface area (Å²) in [6.07, 6.45) is 24.9. The van der Waals surface area contributed by atoms with E-state index in [1.165, 1.54) is 77.0 Å². The van der Waals surface area contributed by atoms with Gasteiger partial charge < -0.3 is 9.84 Å². The Kier molecular flexibility index (Phi) is 13.1. The van der Waals surface area contributed by atoms with Gasteiger partial charge in [-0.25, -0.2) is 0 Å². The molecule has 0 aromatic rings. The number of hydrogen-bond donors (Lipinski definition) is 1. The van der Waals surface area contributed by atoms with Gasteiger partial charge in [-0.1, -0.05) is 116 Å². The van der Waals surface area contributed by atoms with E-state index in [0.717, 1.165) is 37.7 Å². The molecule has 0 radical (unpaired) electrons. The van der Waals surface area contributed by atoms with Crippen LogP contribution in [0.2, 0.25) is 0 Å². The van der Waals surface area contributed by atoms with Gasteiger partial charge in [0.2, 0.25) is 5.78 Å². The van der Waals surface area contributed by atoms with Crippen molar-refractivity contribution in [3.05, 3.63) is 11.6 Å². The highest BCUT2D eigenvalue weighted by molar-refractivity contribution is 5.95. The third kappa shape index (κ3) is 8.19. The zero-order valence-corrected chi connectivity index (χ0v) is 28.8. The lowest BCUT2D eigenvalue weighted by Crippen LogP contribution is -2.61. The molecule has 4 rings (SSSR count). The van der Waals surface area contributed by atoms with Crippen LogP contribution in [0.4, 0.5) is 0 Å². The van der Waals surface area contributed by atoms with E-state index in [0.29, 0.717) is 32.1 Å². The molecule has 0 amide bonds. The van der Waals surface area contributed by atoms with Crippen LogP contribution in [-0.2, 0) is 23.9 Å². The molecule has 6 nitrogen and oxygen atoms in total. The second kappa shape index (κ2) is 16.3. The highest BCUT2D eigenvalue weighted by atomic mass is 16.5. The number of allylic oxidation sites excluding steroid dienone is 1. The minimum Gasteiger partial charge on any atom is -0.458 e. The van der Waals surface area contributed by atoms with Crippen LogP contribution in [0, 0.1) is 28.6 Å². The number of hydrogen-bond acceptors (Lipinski definition) is 6. The maximum atomic E-state index is 13.8. The van der Waals surface area contributed by atoms with Crippen molar-refractivity contribution in [3.63, 3.8) is 0 Å². The monoisotopic (exact) mass is 626 g/mol. The first-order chi connectivity index (χ1) is 21.6. The first kappa shape index (κ1) is 36.0. The minimum absolute atomic E-state index is 0.0566. The van der Waals surface area contributed by atoms with E-state index in [-0.39, 0.29) is 47.1 Å². The Labute approximate surface area is 272 Å². The summed E-state index contributed by atoms with van der Waals surface area (Å²) in [7, 11) is 0. The number of unbranched alkanes of at least 4 members (excludes halogenated alkanes) is 14. The van der Waals surface area contributed by atoms with E-state index in [1.807, 2.05) is 6.92 Å². The maximum absolute atomic E-state index is 13.8. The zero-order valence-electron chi connectivity index (χ0n) is 28.8. The van der Waals surface area contributed by atoms with Gasteiger partial charge in [0, 0.05) is 30.6 Å². The van der Waals surface area contributed by atoms with Gasteiger partial charge in [0.05, 0.1) is 0 Å². The molecule has 0 aromatic carbocycles. The minimum atomic E-state index is -1.66. The Morgan fingerprint density at radius 1 is 0.822 bits per heavy atom. The Hall–Kier alpha value is -1.82. The van der Waals surface area contributed by atoms with Crippen LogP contribution in [0.3, 0.4) is 0 Å².